The SMILES string of the molecule is COCOc1cc(C)c(/C=C/COC2CCCCN(C(=O)OC(C)(C)C)C2)c(-c2ncc3c(OCc4ccccc4)nc(OC[C@@]45CCCN4C[C@H](F)C5)nc3c2F)c1. The number of carbonyl (C=O) groups is 1. The molecule has 2 aromatic heterocycles. The predicted molar refractivity (Wildman–Crippen MR) is 220 cm³/mol. The van der Waals surface area contributed by atoms with E-state index in [4.69, 9.17) is 28.4 Å². The Morgan fingerprint density at radius 2 is 1.86 bits per heavy atom. The second-order valence-corrected chi connectivity index (χ2v) is 16.7. The Labute approximate surface area is 344 Å². The lowest BCUT2D eigenvalue weighted by Gasteiger charge is -2.30. The third-order valence-electron chi connectivity index (χ3n) is 11.0. The van der Waals surface area contributed by atoms with E-state index in [0.29, 0.717) is 42.9 Å². The van der Waals surface area contributed by atoms with Crippen LogP contribution >= 0.6 is 0 Å². The molecule has 3 fully saturated rings. The summed E-state index contributed by atoms with van der Waals surface area (Å²) in [5.74, 6) is -0.104. The van der Waals surface area contributed by atoms with Gasteiger partial charge in [0.05, 0.1) is 30.2 Å². The molecule has 316 valence electrons. The Morgan fingerprint density at radius 1 is 1.03 bits per heavy atom. The van der Waals surface area contributed by atoms with Crippen LogP contribution in [0.2, 0.25) is 0 Å². The monoisotopic (exact) mass is 815 g/mol. The van der Waals surface area contributed by atoms with Crippen LogP contribution in [0.25, 0.3) is 28.2 Å². The van der Waals surface area contributed by atoms with Crippen LogP contribution in [0.15, 0.2) is 54.7 Å². The molecule has 2 aromatic carbocycles. The number of pyridine rings is 1. The zero-order valence-electron chi connectivity index (χ0n) is 34.7. The lowest BCUT2D eigenvalue weighted by molar-refractivity contribution is 0.00670. The summed E-state index contributed by atoms with van der Waals surface area (Å²) in [5, 5.41) is 0.276. The first kappa shape index (κ1) is 42.2. The van der Waals surface area contributed by atoms with Gasteiger partial charge in [-0.05, 0) is 95.2 Å². The van der Waals surface area contributed by atoms with Gasteiger partial charge in [-0.25, -0.2) is 13.6 Å². The molecule has 0 radical (unpaired) electrons. The number of likely N-dealkylation sites (tertiary alicyclic amines) is 1. The summed E-state index contributed by atoms with van der Waals surface area (Å²) in [5.41, 5.74) is 1.84. The number of ether oxygens (including phenoxy) is 6. The Morgan fingerprint density at radius 3 is 2.66 bits per heavy atom. The number of methoxy groups -OCH3 is 1. The van der Waals surface area contributed by atoms with Crippen LogP contribution in [0.5, 0.6) is 17.6 Å². The van der Waals surface area contributed by atoms with Crippen LogP contribution in [0.1, 0.15) is 76.0 Å². The fourth-order valence-electron chi connectivity index (χ4n) is 8.23. The fraction of sp³-hybridized carbons (Fsp3) is 0.511. The number of rotatable bonds is 14. The molecule has 1 amide bonds. The van der Waals surface area contributed by atoms with Crippen molar-refractivity contribution in [3.8, 4) is 28.9 Å². The van der Waals surface area contributed by atoms with Crippen LogP contribution < -0.4 is 14.2 Å². The Balaban J connectivity index is 1.19. The number of halogens is 2. The van der Waals surface area contributed by atoms with E-state index < -0.39 is 23.1 Å². The molecule has 1 unspecified atom stereocenters. The molecule has 0 bridgehead atoms. The highest BCUT2D eigenvalue weighted by atomic mass is 19.1. The molecule has 0 saturated carbocycles. The topological polar surface area (TPSA) is 118 Å². The van der Waals surface area contributed by atoms with Gasteiger partial charge in [0.15, 0.2) is 12.6 Å². The third kappa shape index (κ3) is 10.3. The molecule has 3 atom stereocenters. The van der Waals surface area contributed by atoms with Crippen LogP contribution in [0, 0.1) is 12.7 Å². The number of amides is 1. The number of benzene rings is 2. The first-order valence-electron chi connectivity index (χ1n) is 20.5. The number of aryl methyl sites for hydroxylation is 1. The molecule has 0 spiro atoms. The van der Waals surface area contributed by atoms with Crippen molar-refractivity contribution in [2.24, 2.45) is 0 Å². The van der Waals surface area contributed by atoms with Crippen molar-refractivity contribution in [3.63, 3.8) is 0 Å². The zero-order valence-corrected chi connectivity index (χ0v) is 34.7. The third-order valence-corrected chi connectivity index (χ3v) is 11.0. The first-order chi connectivity index (χ1) is 28.4. The van der Waals surface area contributed by atoms with Gasteiger partial charge in [-0.3, -0.25) is 9.88 Å². The Kier molecular flexibility index (Phi) is 13.3. The molecule has 14 heteroatoms. The number of carbonyl (C=O) groups excluding carboxylic acids is 1. The lowest BCUT2D eigenvalue weighted by Crippen LogP contribution is -2.43. The minimum absolute atomic E-state index is 0.00461. The maximum absolute atomic E-state index is 17.2. The molecule has 5 heterocycles. The second kappa shape index (κ2) is 18.6. The number of fused-ring (bicyclic) bond motifs is 2. The summed E-state index contributed by atoms with van der Waals surface area (Å²) < 4.78 is 67.1. The average molecular weight is 816 g/mol. The van der Waals surface area contributed by atoms with E-state index in [1.54, 1.807) is 11.0 Å². The molecular formula is C45H55F2N5O7. The van der Waals surface area contributed by atoms with Gasteiger partial charge in [-0.2, -0.15) is 9.97 Å². The standard InChI is InChI=1S/C45H55F2N5O7/c1-30-21-34(58-29-54-5)22-36(35(30)16-11-20-55-33-15-9-10-18-51(26-33)43(53)59-44(2,3)4)39-38(47)40-37(24-48-39)41(56-27-31-13-7-6-8-14-31)50-42(49-40)57-28-45-17-12-19-52(45)25-32(46)23-45/h6-8,11,13-14,16,21-22,24,32-33H,9-10,12,15,17-20,23,25-29H2,1-5H3/b16-11+/t32-,33?,45+/m1/s1. The van der Waals surface area contributed by atoms with E-state index in [-0.39, 0.29) is 67.3 Å². The van der Waals surface area contributed by atoms with Gasteiger partial charge in [0, 0.05) is 38.4 Å². The van der Waals surface area contributed by atoms with Gasteiger partial charge < -0.3 is 33.3 Å². The van der Waals surface area contributed by atoms with Crippen molar-refractivity contribution < 1.29 is 42.0 Å². The van der Waals surface area contributed by atoms with Gasteiger partial charge in [-0.1, -0.05) is 42.5 Å². The summed E-state index contributed by atoms with van der Waals surface area (Å²) in [7, 11) is 1.53. The van der Waals surface area contributed by atoms with E-state index in [1.807, 2.05) is 76.2 Å². The van der Waals surface area contributed by atoms with Crippen molar-refractivity contribution in [1.29, 1.82) is 0 Å². The highest BCUT2D eigenvalue weighted by molar-refractivity contribution is 5.88. The molecule has 4 aromatic rings. The second-order valence-electron chi connectivity index (χ2n) is 16.7. The first-order valence-corrected chi connectivity index (χ1v) is 20.5. The quantitative estimate of drug-likeness (QED) is 0.114. The maximum Gasteiger partial charge on any atom is 0.410 e. The smallest absolute Gasteiger partial charge is 0.410 e. The maximum atomic E-state index is 17.2. The van der Waals surface area contributed by atoms with E-state index in [1.165, 1.54) is 13.3 Å². The summed E-state index contributed by atoms with van der Waals surface area (Å²) in [4.78, 5) is 30.5. The van der Waals surface area contributed by atoms with Crippen LogP contribution in [-0.4, -0.2) is 108 Å². The molecule has 3 saturated heterocycles. The van der Waals surface area contributed by atoms with Crippen molar-refractivity contribution in [1.82, 2.24) is 24.8 Å². The van der Waals surface area contributed by atoms with Crippen molar-refractivity contribution in [3.05, 3.63) is 77.2 Å². The minimum Gasteiger partial charge on any atom is -0.472 e. The van der Waals surface area contributed by atoms with Gasteiger partial charge in [0.25, 0.3) is 0 Å². The molecule has 3 aliphatic heterocycles. The van der Waals surface area contributed by atoms with Crippen LogP contribution in [0.4, 0.5) is 13.6 Å². The Bertz CT molecular complexity index is 2120. The highest BCUT2D eigenvalue weighted by Gasteiger charge is 2.49. The van der Waals surface area contributed by atoms with E-state index in [0.717, 1.165) is 49.8 Å². The molecule has 12 nitrogen and oxygen atoms in total. The van der Waals surface area contributed by atoms with Gasteiger partial charge in [-0.15, -0.1) is 0 Å². The van der Waals surface area contributed by atoms with Crippen molar-refractivity contribution in [2.45, 2.75) is 96.2 Å². The number of hydrogen-bond acceptors (Lipinski definition) is 11. The highest BCUT2D eigenvalue weighted by Crippen LogP contribution is 2.41. The normalized spacial score (nSPS) is 21.2. The number of hydrogen-bond donors (Lipinski definition) is 0. The molecule has 3 aliphatic rings. The van der Waals surface area contributed by atoms with Crippen LogP contribution in [0.3, 0.4) is 0 Å². The lowest BCUT2D eigenvalue weighted by atomic mass is 9.95. The van der Waals surface area contributed by atoms with Crippen molar-refractivity contribution >= 4 is 23.1 Å². The number of aromatic nitrogens is 3. The van der Waals surface area contributed by atoms with Gasteiger partial charge in [0.1, 0.15) is 41.9 Å². The summed E-state index contributed by atoms with van der Waals surface area (Å²) in [6.07, 6.45) is 8.57. The number of nitrogens with zero attached hydrogens (tertiary/aromatic N) is 5. The average Bonchev–Trinajstić information content (AvgIpc) is 3.62. The molecule has 59 heavy (non-hydrogen) atoms. The largest absolute Gasteiger partial charge is 0.472 e. The molecular weight excluding hydrogens is 761 g/mol. The molecule has 0 N–H and O–H groups in total. The summed E-state index contributed by atoms with van der Waals surface area (Å²) in [6.45, 7) is 10.3. The molecule has 0 aliphatic carbocycles. The fourth-order valence-corrected chi connectivity index (χ4v) is 8.23. The van der Waals surface area contributed by atoms with Gasteiger partial charge >= 0.3 is 12.1 Å². The molecule has 7 rings (SSSR count). The van der Waals surface area contributed by atoms with Crippen LogP contribution in [-0.2, 0) is 20.8 Å². The minimum atomic E-state index is -0.930. The predicted octanol–water partition coefficient (Wildman–Crippen LogP) is 8.48. The number of alkyl halides is 1. The van der Waals surface area contributed by atoms with E-state index in [9.17, 15) is 9.18 Å². The van der Waals surface area contributed by atoms with E-state index in [2.05, 4.69) is 19.9 Å². The summed E-state index contributed by atoms with van der Waals surface area (Å²) >= 11 is 0. The summed E-state index contributed by atoms with van der Waals surface area (Å²) in [6, 6.07) is 13.1. The zero-order chi connectivity index (χ0) is 41.6. The van der Waals surface area contributed by atoms with Gasteiger partial charge in [0.2, 0.25) is 5.88 Å². The van der Waals surface area contributed by atoms with E-state index >= 15 is 4.39 Å². The Hall–Kier alpha value is -4.92. The van der Waals surface area contributed by atoms with Crippen molar-refractivity contribution in [2.75, 3.05) is 53.3 Å².